The molecule has 0 radical (unpaired) electrons. The van der Waals surface area contributed by atoms with Crippen molar-refractivity contribution in [3.8, 4) is 5.75 Å². The van der Waals surface area contributed by atoms with Gasteiger partial charge in [0.25, 0.3) is 5.91 Å². The second-order valence-corrected chi connectivity index (χ2v) is 11.1. The first-order valence-corrected chi connectivity index (χ1v) is 14.6. The summed E-state index contributed by atoms with van der Waals surface area (Å²) in [7, 11) is 1.70. The van der Waals surface area contributed by atoms with E-state index >= 15 is 0 Å². The first kappa shape index (κ1) is 28.3. The highest BCUT2D eigenvalue weighted by Crippen LogP contribution is 2.31. The molecule has 216 valence electrons. The molecule has 1 aliphatic carbocycles. The monoisotopic (exact) mass is 555 g/mol. The zero-order valence-electron chi connectivity index (χ0n) is 24.3. The Kier molecular flexibility index (Phi) is 8.97. The molecule has 1 aliphatic heterocycles. The second kappa shape index (κ2) is 13.0. The summed E-state index contributed by atoms with van der Waals surface area (Å²) in [6.07, 6.45) is 5.53. The largest absolute Gasteiger partial charge is 0.495 e. The predicted molar refractivity (Wildman–Crippen MR) is 167 cm³/mol. The van der Waals surface area contributed by atoms with Gasteiger partial charge < -0.3 is 30.5 Å². The first-order chi connectivity index (χ1) is 19.9. The molecular weight excluding hydrogens is 514 g/mol. The minimum absolute atomic E-state index is 0.0859. The minimum atomic E-state index is -0.343. The number of hydrogen-bond donors (Lipinski definition) is 3. The van der Waals surface area contributed by atoms with Crippen LogP contribution in [-0.4, -0.2) is 51.3 Å². The van der Waals surface area contributed by atoms with Crippen molar-refractivity contribution >= 4 is 34.7 Å². The smallest absolute Gasteiger partial charge is 0.323 e. The maximum Gasteiger partial charge on any atom is 0.323 e. The van der Waals surface area contributed by atoms with Crippen LogP contribution in [-0.2, 0) is 0 Å². The fourth-order valence-electron chi connectivity index (χ4n) is 5.77. The van der Waals surface area contributed by atoms with Crippen molar-refractivity contribution in [2.24, 2.45) is 0 Å². The molecule has 2 aliphatic rings. The zero-order chi connectivity index (χ0) is 28.8. The summed E-state index contributed by atoms with van der Waals surface area (Å²) in [6.45, 7) is 7.21. The van der Waals surface area contributed by atoms with Gasteiger partial charge in [0, 0.05) is 49.3 Å². The summed E-state index contributed by atoms with van der Waals surface area (Å²) in [5.74, 6) is 0.778. The SMILES string of the molecule is COc1ccccc1N1CCN(c2ccc(NC(=O)Nc3ccc(C)c(C)c3)cc2C(=O)NC2CCCCC2)CC1. The van der Waals surface area contributed by atoms with E-state index in [1.165, 1.54) is 12.0 Å². The van der Waals surface area contributed by atoms with Gasteiger partial charge in [-0.2, -0.15) is 0 Å². The molecule has 0 unspecified atom stereocenters. The number of carbonyl (C=O) groups excluding carboxylic acids is 2. The number of nitrogens with one attached hydrogen (secondary N) is 3. The number of ether oxygens (including phenoxy) is 1. The molecule has 5 rings (SSSR count). The molecule has 1 heterocycles. The molecule has 0 bridgehead atoms. The number of urea groups is 1. The van der Waals surface area contributed by atoms with Gasteiger partial charge in [0.2, 0.25) is 0 Å². The summed E-state index contributed by atoms with van der Waals surface area (Å²) in [6, 6.07) is 19.4. The second-order valence-electron chi connectivity index (χ2n) is 11.1. The van der Waals surface area contributed by atoms with Gasteiger partial charge in [0.05, 0.1) is 18.4 Å². The van der Waals surface area contributed by atoms with Gasteiger partial charge in [-0.25, -0.2) is 4.79 Å². The average molecular weight is 556 g/mol. The number of benzene rings is 3. The molecule has 1 saturated carbocycles. The highest BCUT2D eigenvalue weighted by molar-refractivity contribution is 6.04. The van der Waals surface area contributed by atoms with Gasteiger partial charge in [0.1, 0.15) is 5.75 Å². The van der Waals surface area contributed by atoms with E-state index in [-0.39, 0.29) is 18.0 Å². The molecule has 0 spiro atoms. The fourth-order valence-corrected chi connectivity index (χ4v) is 5.77. The minimum Gasteiger partial charge on any atom is -0.495 e. The molecule has 8 nitrogen and oxygen atoms in total. The number of methoxy groups -OCH3 is 1. The van der Waals surface area contributed by atoms with E-state index < -0.39 is 0 Å². The molecule has 1 saturated heterocycles. The Bertz CT molecular complexity index is 1380. The molecule has 3 aromatic carbocycles. The molecule has 3 N–H and O–H groups in total. The molecule has 41 heavy (non-hydrogen) atoms. The predicted octanol–water partition coefficient (Wildman–Crippen LogP) is 6.35. The standard InChI is InChI=1S/C33H41N5O3/c1-23-13-14-26(21-24(23)2)35-33(40)36-27-15-16-29(28(22-27)32(39)34-25-9-5-4-6-10-25)37-17-19-38(20-18-37)30-11-7-8-12-31(30)41-3/h7-8,11-16,21-22,25H,4-6,9-10,17-20H2,1-3H3,(H,34,39)(H2,35,36,40). The van der Waals surface area contributed by atoms with Crippen molar-refractivity contribution in [2.45, 2.75) is 52.0 Å². The summed E-state index contributed by atoms with van der Waals surface area (Å²) < 4.78 is 5.58. The van der Waals surface area contributed by atoms with Crippen LogP contribution in [0.3, 0.4) is 0 Å². The van der Waals surface area contributed by atoms with Crippen molar-refractivity contribution in [2.75, 3.05) is 53.7 Å². The quantitative estimate of drug-likeness (QED) is 0.317. The molecular formula is C33H41N5O3. The molecule has 8 heteroatoms. The average Bonchev–Trinajstić information content (AvgIpc) is 2.99. The lowest BCUT2D eigenvalue weighted by atomic mass is 9.95. The third-order valence-electron chi connectivity index (χ3n) is 8.25. The van der Waals surface area contributed by atoms with Crippen LogP contribution in [0.4, 0.5) is 27.5 Å². The highest BCUT2D eigenvalue weighted by atomic mass is 16.5. The van der Waals surface area contributed by atoms with Crippen molar-refractivity contribution in [1.29, 1.82) is 0 Å². The Morgan fingerprint density at radius 1 is 0.756 bits per heavy atom. The van der Waals surface area contributed by atoms with Gasteiger partial charge in [-0.3, -0.25) is 4.79 Å². The van der Waals surface area contributed by atoms with E-state index in [0.29, 0.717) is 11.3 Å². The fraction of sp³-hybridized carbons (Fsp3) is 0.394. The van der Waals surface area contributed by atoms with Crippen molar-refractivity contribution in [1.82, 2.24) is 5.32 Å². The van der Waals surface area contributed by atoms with Crippen LogP contribution < -0.4 is 30.5 Å². The maximum atomic E-state index is 13.7. The highest BCUT2D eigenvalue weighted by Gasteiger charge is 2.25. The van der Waals surface area contributed by atoms with Gasteiger partial charge in [0.15, 0.2) is 0 Å². The lowest BCUT2D eigenvalue weighted by Crippen LogP contribution is -2.47. The van der Waals surface area contributed by atoms with Gasteiger partial charge in [-0.15, -0.1) is 0 Å². The summed E-state index contributed by atoms with van der Waals surface area (Å²) in [5.41, 5.74) is 6.15. The van der Waals surface area contributed by atoms with Gasteiger partial charge in [-0.05, 0) is 80.3 Å². The Morgan fingerprint density at radius 2 is 1.39 bits per heavy atom. The van der Waals surface area contributed by atoms with Crippen molar-refractivity contribution in [3.05, 3.63) is 77.4 Å². The van der Waals surface area contributed by atoms with Gasteiger partial charge in [-0.1, -0.05) is 37.5 Å². The zero-order valence-corrected chi connectivity index (χ0v) is 24.3. The van der Waals surface area contributed by atoms with Crippen LogP contribution in [0.5, 0.6) is 5.75 Å². The van der Waals surface area contributed by atoms with E-state index in [0.717, 1.165) is 80.2 Å². The van der Waals surface area contributed by atoms with Gasteiger partial charge >= 0.3 is 6.03 Å². The number of piperazine rings is 1. The van der Waals surface area contributed by atoms with E-state index in [2.05, 4.69) is 31.8 Å². The molecule has 2 fully saturated rings. The van der Waals surface area contributed by atoms with Crippen molar-refractivity contribution < 1.29 is 14.3 Å². The Hall–Kier alpha value is -4.20. The summed E-state index contributed by atoms with van der Waals surface area (Å²) in [4.78, 5) is 31.1. The molecule has 0 aromatic heterocycles. The van der Waals surface area contributed by atoms with Crippen molar-refractivity contribution in [3.63, 3.8) is 0 Å². The number of para-hydroxylation sites is 2. The topological polar surface area (TPSA) is 85.9 Å². The van der Waals surface area contributed by atoms with E-state index in [9.17, 15) is 9.59 Å². The van der Waals surface area contributed by atoms with Crippen LogP contribution in [0.25, 0.3) is 0 Å². The first-order valence-electron chi connectivity index (χ1n) is 14.6. The number of carbonyl (C=O) groups is 2. The maximum absolute atomic E-state index is 13.7. The number of rotatable bonds is 7. The van der Waals surface area contributed by atoms with E-state index in [1.54, 1.807) is 13.2 Å². The van der Waals surface area contributed by atoms with Crippen LogP contribution in [0.1, 0.15) is 53.6 Å². The number of amides is 3. The summed E-state index contributed by atoms with van der Waals surface area (Å²) >= 11 is 0. The Morgan fingerprint density at radius 3 is 2.07 bits per heavy atom. The number of hydrogen-bond acceptors (Lipinski definition) is 5. The van der Waals surface area contributed by atoms with Crippen LogP contribution in [0.2, 0.25) is 0 Å². The third-order valence-corrected chi connectivity index (χ3v) is 8.25. The Balaban J connectivity index is 1.33. The third kappa shape index (κ3) is 6.93. The molecule has 3 amide bonds. The van der Waals surface area contributed by atoms with E-state index in [4.69, 9.17) is 4.74 Å². The normalized spacial score (nSPS) is 15.8. The van der Waals surface area contributed by atoms with Crippen LogP contribution >= 0.6 is 0 Å². The van der Waals surface area contributed by atoms with Crippen LogP contribution in [0, 0.1) is 13.8 Å². The van der Waals surface area contributed by atoms with E-state index in [1.807, 2.05) is 62.4 Å². The number of anilines is 4. The summed E-state index contributed by atoms with van der Waals surface area (Å²) in [5, 5.41) is 9.10. The number of aryl methyl sites for hydroxylation is 2. The lowest BCUT2D eigenvalue weighted by molar-refractivity contribution is 0.0928. The molecule has 3 aromatic rings. The molecule has 0 atom stereocenters. The Labute approximate surface area is 243 Å². The number of nitrogens with zero attached hydrogens (tertiary/aromatic N) is 2. The lowest BCUT2D eigenvalue weighted by Gasteiger charge is -2.38. The van der Waals surface area contributed by atoms with Crippen LogP contribution in [0.15, 0.2) is 60.7 Å².